The largest absolute Gasteiger partial charge is 0.481 e. The van der Waals surface area contributed by atoms with Gasteiger partial charge in [0.2, 0.25) is 35.4 Å². The number of unbranched alkanes of at least 4 members (excludes halogenated alkanes) is 1. The van der Waals surface area contributed by atoms with Crippen LogP contribution in [0.3, 0.4) is 0 Å². The second kappa shape index (κ2) is 44.2. The van der Waals surface area contributed by atoms with E-state index in [0.717, 1.165) is 10.8 Å². The second-order valence-electron chi connectivity index (χ2n) is 25.2. The standard InChI is InChI=1S/C65H94N12O25/c78-50(35-74-24-26-75(36-55(87)88)28-30-77(38-57(91)92)31-29-76(27-25-74)37-56(89)90)67-34-39-11-15-42(16-12-39)58(93)68-45(17-20-52(81)82)61(96)69-44(9-5-10-51(79)80)60(95)70-46(18-21-53(83)84)62(97)71-49(33-40-13-14-41-6-1-2-7-43(41)32-40)59(94)66-23-4-3-8-47(63(98)99)72-65(102)73-48(64(100)101)19-22-54(85)86/h1-2,6-7,13-14,32,39,42,44-49H,3-5,8-12,15-31,33-38H2,(H,66,94)(H,67,78)(H,68,93)(H,69,96)(H,70,95)(H,71,97)(H,79,80)(H,81,82)(H,83,84)(H,85,86)(H,87,88)(H,89,90)(H,91,92)(H,98,99)(H,100,101)(H2,72,73,102)/t39?,42?,44-,45-,46-,47-,48-,49?/m0/s1. The van der Waals surface area contributed by atoms with Gasteiger partial charge in [-0.3, -0.25) is 81.9 Å². The highest BCUT2D eigenvalue weighted by atomic mass is 16.4. The average molecular weight is 1440 g/mol. The van der Waals surface area contributed by atoms with E-state index in [1.165, 1.54) is 0 Å². The fraction of sp³-hybridized carbons (Fsp3) is 0.600. The molecule has 2 aromatic carbocycles. The summed E-state index contributed by atoms with van der Waals surface area (Å²) in [6.07, 6.45) is -3.71. The van der Waals surface area contributed by atoms with Gasteiger partial charge in [-0.05, 0) is 99.3 Å². The molecule has 2 fully saturated rings. The molecule has 37 nitrogen and oxygen atoms in total. The van der Waals surface area contributed by atoms with Crippen LogP contribution >= 0.6 is 0 Å². The third-order valence-electron chi connectivity index (χ3n) is 17.2. The number of hydrogen-bond donors (Lipinski definition) is 17. The quantitative estimate of drug-likeness (QED) is 0.0321. The predicted molar refractivity (Wildman–Crippen MR) is 356 cm³/mol. The van der Waals surface area contributed by atoms with Gasteiger partial charge in [0.25, 0.3) is 0 Å². The van der Waals surface area contributed by atoms with E-state index in [9.17, 15) is 118 Å². The Morgan fingerprint density at radius 2 is 0.794 bits per heavy atom. The van der Waals surface area contributed by atoms with Gasteiger partial charge < -0.3 is 88.5 Å². The van der Waals surface area contributed by atoms with Gasteiger partial charge in [0.05, 0.1) is 26.2 Å². The first-order valence-corrected chi connectivity index (χ1v) is 33.5. The van der Waals surface area contributed by atoms with Gasteiger partial charge in [-0.15, -0.1) is 0 Å². The van der Waals surface area contributed by atoms with Gasteiger partial charge in [0.15, 0.2) is 0 Å². The van der Waals surface area contributed by atoms with Crippen LogP contribution in [0.4, 0.5) is 4.79 Å². The summed E-state index contributed by atoms with van der Waals surface area (Å²) >= 11 is 0. The molecule has 1 aliphatic carbocycles. The third kappa shape index (κ3) is 33.4. The van der Waals surface area contributed by atoms with Crippen molar-refractivity contribution < 1.29 is 123 Å². The van der Waals surface area contributed by atoms with E-state index >= 15 is 0 Å². The molecule has 564 valence electrons. The molecular formula is C65H94N12O25. The van der Waals surface area contributed by atoms with Crippen molar-refractivity contribution in [1.82, 2.24) is 62.1 Å². The SMILES string of the molecule is O=C(O)CCC[C@H](NC(=O)[C@H](CCC(=O)O)NC(=O)C1CCC(CNC(=O)CN2CCN(CC(=O)O)CCN(CC(=O)O)CCN(CC(=O)O)CC2)CC1)C(=O)N[C@@H](CCC(=O)O)C(=O)NC(Cc1ccc2ccccc2c1)C(=O)NCCCC[C@H](NC(=O)N[C@@H](CCC(=O)O)C(=O)O)C(=O)O. The van der Waals surface area contributed by atoms with Crippen molar-refractivity contribution in [3.63, 3.8) is 0 Å². The lowest BCUT2D eigenvalue weighted by Crippen LogP contribution is -2.58. The number of carbonyl (C=O) groups excluding carboxylic acids is 7. The number of rotatable bonds is 43. The van der Waals surface area contributed by atoms with Crippen molar-refractivity contribution in [2.75, 3.05) is 91.6 Å². The van der Waals surface area contributed by atoms with Gasteiger partial charge in [-0.1, -0.05) is 42.5 Å². The lowest BCUT2D eigenvalue weighted by molar-refractivity contribution is -0.141. The highest BCUT2D eigenvalue weighted by molar-refractivity contribution is 5.96. The third-order valence-corrected chi connectivity index (χ3v) is 17.2. The Morgan fingerprint density at radius 1 is 0.382 bits per heavy atom. The van der Waals surface area contributed by atoms with Crippen LogP contribution in [0.15, 0.2) is 42.5 Å². The average Bonchev–Trinajstić information content (AvgIpc) is 0.901. The zero-order valence-corrected chi connectivity index (χ0v) is 56.4. The number of carbonyl (C=O) groups is 16. The molecule has 1 saturated carbocycles. The fourth-order valence-electron chi connectivity index (χ4n) is 11.6. The summed E-state index contributed by atoms with van der Waals surface area (Å²) in [5.74, 6) is -17.7. The Labute approximate surface area is 585 Å². The van der Waals surface area contributed by atoms with E-state index < -0.39 is 183 Å². The smallest absolute Gasteiger partial charge is 0.326 e. The number of hydrogen-bond acceptors (Lipinski definition) is 20. The minimum atomic E-state index is -1.75. The van der Waals surface area contributed by atoms with Crippen molar-refractivity contribution in [1.29, 1.82) is 0 Å². The number of benzene rings is 2. The van der Waals surface area contributed by atoms with Gasteiger partial charge in [0, 0.05) is 103 Å². The molecule has 1 saturated heterocycles. The van der Waals surface area contributed by atoms with Crippen molar-refractivity contribution in [3.8, 4) is 0 Å². The summed E-state index contributed by atoms with van der Waals surface area (Å²) < 4.78 is 0. The van der Waals surface area contributed by atoms with Gasteiger partial charge in [-0.25, -0.2) is 14.4 Å². The molecule has 0 aromatic heterocycles. The van der Waals surface area contributed by atoms with Crippen molar-refractivity contribution in [3.05, 3.63) is 48.0 Å². The van der Waals surface area contributed by atoms with Crippen LogP contribution in [0.25, 0.3) is 10.8 Å². The Bertz CT molecular complexity index is 3230. The molecule has 8 amide bonds. The van der Waals surface area contributed by atoms with E-state index in [2.05, 4.69) is 37.2 Å². The van der Waals surface area contributed by atoms with Crippen LogP contribution < -0.4 is 42.5 Å². The van der Waals surface area contributed by atoms with E-state index in [-0.39, 0.29) is 148 Å². The predicted octanol–water partition coefficient (Wildman–Crippen LogP) is -1.94. The molecule has 1 unspecified atom stereocenters. The lowest BCUT2D eigenvalue weighted by Gasteiger charge is -2.33. The Hall–Kier alpha value is -10.1. The maximum absolute atomic E-state index is 14.4. The topological polar surface area (TPSA) is 564 Å². The number of nitrogens with zero attached hydrogens (tertiary/aromatic N) is 4. The van der Waals surface area contributed by atoms with Crippen LogP contribution in [0, 0.1) is 11.8 Å². The Balaban J connectivity index is 1.44. The van der Waals surface area contributed by atoms with Crippen molar-refractivity contribution >= 4 is 106 Å². The number of amides is 8. The minimum absolute atomic E-state index is 0.0434. The first-order valence-electron chi connectivity index (χ1n) is 33.5. The summed E-state index contributed by atoms with van der Waals surface area (Å²) in [6.45, 7) is 0.452. The van der Waals surface area contributed by atoms with E-state index in [1.54, 1.807) is 56.0 Å². The summed E-state index contributed by atoms with van der Waals surface area (Å²) in [5, 5.41) is 107. The zero-order valence-electron chi connectivity index (χ0n) is 56.4. The molecule has 4 rings (SSSR count). The summed E-state index contributed by atoms with van der Waals surface area (Å²) in [7, 11) is 0. The van der Waals surface area contributed by atoms with E-state index in [0.29, 0.717) is 18.4 Å². The molecule has 0 radical (unpaired) electrons. The molecule has 2 aromatic rings. The molecule has 102 heavy (non-hydrogen) atoms. The maximum atomic E-state index is 14.4. The van der Waals surface area contributed by atoms with Gasteiger partial charge >= 0.3 is 59.8 Å². The number of carboxylic acid groups (broad SMARTS) is 9. The molecule has 17 N–H and O–H groups in total. The Morgan fingerprint density at radius 3 is 1.25 bits per heavy atom. The lowest BCUT2D eigenvalue weighted by atomic mass is 9.81. The molecule has 6 atom stereocenters. The van der Waals surface area contributed by atoms with Crippen LogP contribution in [0.1, 0.15) is 108 Å². The summed E-state index contributed by atoms with van der Waals surface area (Å²) in [6, 6.07) is 1.51. The normalized spacial score (nSPS) is 17.5. The molecule has 0 spiro atoms. The summed E-state index contributed by atoms with van der Waals surface area (Å²) in [5.41, 5.74) is 0.527. The molecule has 37 heteroatoms. The van der Waals surface area contributed by atoms with Crippen molar-refractivity contribution in [2.45, 2.75) is 145 Å². The number of nitrogens with one attached hydrogen (secondary N) is 8. The van der Waals surface area contributed by atoms with Gasteiger partial charge in [-0.2, -0.15) is 0 Å². The van der Waals surface area contributed by atoms with Crippen LogP contribution in [0.5, 0.6) is 0 Å². The molecule has 1 aliphatic heterocycles. The molecule has 2 aliphatic rings. The van der Waals surface area contributed by atoms with Crippen LogP contribution in [-0.4, -0.2) is 289 Å². The number of urea groups is 1. The van der Waals surface area contributed by atoms with Crippen LogP contribution in [-0.2, 0) is 78.3 Å². The van der Waals surface area contributed by atoms with E-state index in [4.69, 9.17) is 5.11 Å². The first kappa shape index (κ1) is 84.3. The number of aliphatic carboxylic acids is 9. The fourth-order valence-corrected chi connectivity index (χ4v) is 11.6. The first-order chi connectivity index (χ1) is 48.3. The highest BCUT2D eigenvalue weighted by Gasteiger charge is 2.35. The van der Waals surface area contributed by atoms with E-state index in [1.807, 2.05) is 11.4 Å². The zero-order chi connectivity index (χ0) is 75.4. The highest BCUT2D eigenvalue weighted by Crippen LogP contribution is 2.29. The monoisotopic (exact) mass is 1440 g/mol. The number of fused-ring (bicyclic) bond motifs is 1. The minimum Gasteiger partial charge on any atom is -0.481 e. The second-order valence-corrected chi connectivity index (χ2v) is 25.2. The maximum Gasteiger partial charge on any atom is 0.326 e. The summed E-state index contributed by atoms with van der Waals surface area (Å²) in [4.78, 5) is 209. The number of carboxylic acids is 9. The molecule has 1 heterocycles. The molecular weight excluding hydrogens is 1350 g/mol. The Kier molecular flexibility index (Phi) is 36.5. The molecule has 0 bridgehead atoms. The van der Waals surface area contributed by atoms with Crippen LogP contribution in [0.2, 0.25) is 0 Å². The van der Waals surface area contributed by atoms with Gasteiger partial charge in [0.1, 0.15) is 36.3 Å². The van der Waals surface area contributed by atoms with Crippen molar-refractivity contribution in [2.24, 2.45) is 11.8 Å².